The zero-order valence-electron chi connectivity index (χ0n) is 27.7. The fourth-order valence-electron chi connectivity index (χ4n) is 7.79. The van der Waals surface area contributed by atoms with Crippen molar-refractivity contribution in [1.82, 2.24) is 4.90 Å². The zero-order valence-corrected chi connectivity index (χ0v) is 27.7. The number of ether oxygens (including phenoxy) is 1. The van der Waals surface area contributed by atoms with E-state index in [4.69, 9.17) is 10.5 Å². The summed E-state index contributed by atoms with van der Waals surface area (Å²) in [5, 5.41) is 46.9. The van der Waals surface area contributed by atoms with Crippen molar-refractivity contribution in [2.45, 2.75) is 65.0 Å². The number of aromatic hydroxyl groups is 1. The molecule has 10 heteroatoms. The predicted molar refractivity (Wildman–Crippen MR) is 173 cm³/mol. The Labute approximate surface area is 269 Å². The number of phenols is 1. The van der Waals surface area contributed by atoms with Crippen LogP contribution in [0.1, 0.15) is 63.3 Å². The van der Waals surface area contributed by atoms with E-state index in [2.05, 4.69) is 0 Å². The highest BCUT2D eigenvalue weighted by atomic mass is 16.5. The molecule has 0 bridgehead atoms. The van der Waals surface area contributed by atoms with Gasteiger partial charge in [-0.05, 0) is 79.1 Å². The van der Waals surface area contributed by atoms with Crippen molar-refractivity contribution in [2.75, 3.05) is 21.2 Å². The van der Waals surface area contributed by atoms with E-state index in [1.54, 1.807) is 21.0 Å². The summed E-state index contributed by atoms with van der Waals surface area (Å²) in [6.45, 7) is 9.91. The molecular formula is C36H44N2O8. The van der Waals surface area contributed by atoms with Gasteiger partial charge in [-0.25, -0.2) is 0 Å². The molecule has 10 nitrogen and oxygen atoms in total. The second-order valence-corrected chi connectivity index (χ2v) is 14.5. The van der Waals surface area contributed by atoms with Crippen molar-refractivity contribution in [2.24, 2.45) is 29.4 Å². The summed E-state index contributed by atoms with van der Waals surface area (Å²) in [5.74, 6) is -7.33. The van der Waals surface area contributed by atoms with Crippen LogP contribution in [0.5, 0.6) is 11.5 Å². The maximum atomic E-state index is 14.4. The number of Topliss-reactive ketones (excluding diaryl/α,β-unsaturated/α-hetero) is 2. The average molecular weight is 633 g/mol. The number of amides is 1. The summed E-state index contributed by atoms with van der Waals surface area (Å²) in [7, 11) is 5.51. The van der Waals surface area contributed by atoms with Gasteiger partial charge in [0.15, 0.2) is 11.4 Å². The lowest BCUT2D eigenvalue weighted by Gasteiger charge is -2.50. The average Bonchev–Trinajstić information content (AvgIpc) is 2.93. The highest BCUT2D eigenvalue weighted by Gasteiger charge is 2.64. The molecule has 1 fully saturated rings. The highest BCUT2D eigenvalue weighted by molar-refractivity contribution is 6.23. The van der Waals surface area contributed by atoms with E-state index in [0.29, 0.717) is 29.0 Å². The number of primary amides is 1. The largest absolute Gasteiger partial charge is 0.508 e. The van der Waals surface area contributed by atoms with Gasteiger partial charge in [-0.15, -0.1) is 0 Å². The molecule has 1 amide bonds. The van der Waals surface area contributed by atoms with E-state index in [1.165, 1.54) is 0 Å². The lowest BCUT2D eigenvalue weighted by Crippen LogP contribution is -2.62. The number of fused-ring (bicyclic) bond motifs is 3. The van der Waals surface area contributed by atoms with Crippen molar-refractivity contribution >= 4 is 23.2 Å². The number of aliphatic hydroxyl groups is 3. The lowest BCUT2D eigenvalue weighted by molar-refractivity contribution is -0.155. The normalized spacial score (nSPS) is 24.7. The topological polar surface area (TPSA) is 171 Å². The van der Waals surface area contributed by atoms with Crippen molar-refractivity contribution in [3.05, 3.63) is 63.4 Å². The van der Waals surface area contributed by atoms with Gasteiger partial charge in [0.2, 0.25) is 5.78 Å². The van der Waals surface area contributed by atoms with Gasteiger partial charge < -0.3 is 35.8 Å². The molecule has 5 rings (SSSR count). The van der Waals surface area contributed by atoms with Crippen LogP contribution in [-0.4, -0.2) is 69.6 Å². The van der Waals surface area contributed by atoms with Crippen LogP contribution in [0.2, 0.25) is 0 Å². The molecular weight excluding hydrogens is 588 g/mol. The third-order valence-corrected chi connectivity index (χ3v) is 9.83. The minimum absolute atomic E-state index is 0.0464. The number of hydrogen-bond donors (Lipinski definition) is 5. The SMILES string of the molecule is COc1ccc(CN(C)C)cc1-c1cc(C(C)(C)C)c(O)c2c1C[C@H]1C[C@H]3[C@H](C(C)C)C(=O)C(C(N)=O)=C(O)[C@@]3(O)C(=O)C1=C2O. The summed E-state index contributed by atoms with van der Waals surface area (Å²) in [6, 6.07) is 7.77. The van der Waals surface area contributed by atoms with Gasteiger partial charge in [-0.3, -0.25) is 14.4 Å². The first-order valence-corrected chi connectivity index (χ1v) is 15.6. The first kappa shape index (κ1) is 33.2. The summed E-state index contributed by atoms with van der Waals surface area (Å²) in [6.07, 6.45) is 0.234. The van der Waals surface area contributed by atoms with Crippen LogP contribution in [-0.2, 0) is 32.8 Å². The van der Waals surface area contributed by atoms with Crippen LogP contribution >= 0.6 is 0 Å². The smallest absolute Gasteiger partial charge is 0.255 e. The van der Waals surface area contributed by atoms with Gasteiger partial charge in [0.25, 0.3) is 5.91 Å². The summed E-state index contributed by atoms with van der Waals surface area (Å²) in [5.41, 5.74) is 4.91. The molecule has 46 heavy (non-hydrogen) atoms. The fraction of sp³-hybridized carbons (Fsp3) is 0.472. The van der Waals surface area contributed by atoms with Gasteiger partial charge >= 0.3 is 0 Å². The number of benzene rings is 2. The molecule has 246 valence electrons. The van der Waals surface area contributed by atoms with Crippen LogP contribution in [0.15, 0.2) is 41.2 Å². The molecule has 6 N–H and O–H groups in total. The van der Waals surface area contributed by atoms with E-state index >= 15 is 0 Å². The van der Waals surface area contributed by atoms with Gasteiger partial charge in [0.05, 0.1) is 12.7 Å². The van der Waals surface area contributed by atoms with Crippen LogP contribution in [0, 0.1) is 23.7 Å². The Balaban J connectivity index is 1.83. The van der Waals surface area contributed by atoms with Gasteiger partial charge in [0.1, 0.15) is 28.6 Å². The Morgan fingerprint density at radius 1 is 1.11 bits per heavy atom. The van der Waals surface area contributed by atoms with Crippen molar-refractivity contribution in [1.29, 1.82) is 0 Å². The van der Waals surface area contributed by atoms with Gasteiger partial charge in [-0.1, -0.05) is 40.7 Å². The molecule has 2 aromatic carbocycles. The number of aliphatic hydroxyl groups excluding tert-OH is 2. The number of rotatable bonds is 6. The maximum Gasteiger partial charge on any atom is 0.255 e. The number of carbonyl (C=O) groups is 3. The number of ketones is 2. The molecule has 3 aliphatic carbocycles. The molecule has 0 saturated heterocycles. The second kappa shape index (κ2) is 11.3. The fourth-order valence-corrected chi connectivity index (χ4v) is 7.79. The van der Waals surface area contributed by atoms with Crippen molar-refractivity contribution < 1.29 is 39.5 Å². The number of methoxy groups -OCH3 is 1. The highest BCUT2D eigenvalue weighted by Crippen LogP contribution is 2.56. The number of carbonyl (C=O) groups excluding carboxylic acids is 3. The second-order valence-electron chi connectivity index (χ2n) is 14.5. The molecule has 0 aromatic heterocycles. The Kier molecular flexibility index (Phi) is 8.14. The molecule has 0 spiro atoms. The van der Waals surface area contributed by atoms with E-state index < -0.39 is 69.3 Å². The number of nitrogens with zero attached hydrogens (tertiary/aromatic N) is 1. The molecule has 0 aliphatic heterocycles. The molecule has 0 unspecified atom stereocenters. The monoisotopic (exact) mass is 632 g/mol. The third kappa shape index (κ3) is 4.89. The number of phenolic OH excluding ortho intramolecular Hbond substituents is 1. The minimum atomic E-state index is -2.66. The Bertz CT molecular complexity index is 1730. The first-order chi connectivity index (χ1) is 21.4. The molecule has 2 aromatic rings. The lowest BCUT2D eigenvalue weighted by atomic mass is 9.54. The van der Waals surface area contributed by atoms with E-state index in [9.17, 15) is 34.8 Å². The maximum absolute atomic E-state index is 14.4. The molecule has 1 saturated carbocycles. The van der Waals surface area contributed by atoms with E-state index in [-0.39, 0.29) is 29.7 Å². The standard InChI is InChI=1S/C36H44N2O8/c1-16(2)25-22-13-18-12-21-19(20-11-17(15-38(6)7)9-10-24(20)46-8)14-23(35(3,4)5)29(39)27(21)31(41)26(18)32(42)36(22,45)33(43)28(30(25)40)34(37)44/h9-11,14,16,18,22,25,39,41,43,45H,12-13,15H2,1-8H3,(H2,37,44)/t18-,22-,25-,36-/m0/s1. The van der Waals surface area contributed by atoms with Crippen molar-refractivity contribution in [3.8, 4) is 22.6 Å². The molecule has 3 aliphatic rings. The molecule has 0 radical (unpaired) electrons. The zero-order chi connectivity index (χ0) is 34.2. The third-order valence-electron chi connectivity index (χ3n) is 9.83. The number of nitrogens with two attached hydrogens (primary N) is 1. The Morgan fingerprint density at radius 3 is 2.30 bits per heavy atom. The predicted octanol–water partition coefficient (Wildman–Crippen LogP) is 4.34. The van der Waals surface area contributed by atoms with E-state index in [0.717, 1.165) is 11.1 Å². The van der Waals surface area contributed by atoms with Gasteiger partial charge in [-0.2, -0.15) is 0 Å². The Hall–Kier alpha value is -4.15. The summed E-state index contributed by atoms with van der Waals surface area (Å²) >= 11 is 0. The van der Waals surface area contributed by atoms with E-state index in [1.807, 2.05) is 64.0 Å². The first-order valence-electron chi connectivity index (χ1n) is 15.6. The number of hydrogen-bond acceptors (Lipinski definition) is 9. The molecule has 4 atom stereocenters. The Morgan fingerprint density at radius 2 is 1.76 bits per heavy atom. The quantitative estimate of drug-likeness (QED) is 0.291. The minimum Gasteiger partial charge on any atom is -0.508 e. The summed E-state index contributed by atoms with van der Waals surface area (Å²) in [4.78, 5) is 42.2. The van der Waals surface area contributed by atoms with Gasteiger partial charge in [0, 0.05) is 35.1 Å². The van der Waals surface area contributed by atoms with Crippen LogP contribution in [0.4, 0.5) is 0 Å². The van der Waals surface area contributed by atoms with Crippen LogP contribution < -0.4 is 10.5 Å². The van der Waals surface area contributed by atoms with Crippen LogP contribution in [0.3, 0.4) is 0 Å². The van der Waals surface area contributed by atoms with Crippen molar-refractivity contribution in [3.63, 3.8) is 0 Å². The van der Waals surface area contributed by atoms with Crippen LogP contribution in [0.25, 0.3) is 16.9 Å². The molecule has 0 heterocycles. The summed E-state index contributed by atoms with van der Waals surface area (Å²) < 4.78 is 5.79.